The lowest BCUT2D eigenvalue weighted by Gasteiger charge is -2.27. The average molecular weight is 258 g/mol. The maximum atomic E-state index is 11.8. The number of nitrogens with one attached hydrogen (secondary N) is 1. The molecule has 1 unspecified atom stereocenters. The molecule has 0 aromatic heterocycles. The molecule has 4 nitrogen and oxygen atoms in total. The third kappa shape index (κ3) is 6.97. The Morgan fingerprint density at radius 3 is 2.33 bits per heavy atom. The summed E-state index contributed by atoms with van der Waals surface area (Å²) in [4.78, 5) is 14.2. The molecule has 108 valence electrons. The van der Waals surface area contributed by atoms with Crippen LogP contribution in [-0.2, 0) is 9.53 Å². The molecular formula is C14H30N2O2. The first-order valence-electron chi connectivity index (χ1n) is 7.20. The fraction of sp³-hybridized carbons (Fsp3) is 0.929. The van der Waals surface area contributed by atoms with Crippen LogP contribution in [0.1, 0.15) is 47.5 Å². The van der Waals surface area contributed by atoms with Crippen LogP contribution in [0.4, 0.5) is 0 Å². The van der Waals surface area contributed by atoms with Gasteiger partial charge in [-0.15, -0.1) is 0 Å². The number of hydrogen-bond acceptors (Lipinski definition) is 4. The first kappa shape index (κ1) is 17.4. The van der Waals surface area contributed by atoms with Crippen molar-refractivity contribution in [2.24, 2.45) is 0 Å². The van der Waals surface area contributed by atoms with Gasteiger partial charge in [0.2, 0.25) is 0 Å². The summed E-state index contributed by atoms with van der Waals surface area (Å²) in [6, 6.07) is 0.350. The van der Waals surface area contributed by atoms with Gasteiger partial charge in [0.05, 0.1) is 6.61 Å². The minimum atomic E-state index is -0.173. The molecule has 0 saturated heterocycles. The van der Waals surface area contributed by atoms with Crippen molar-refractivity contribution in [2.75, 3.05) is 26.2 Å². The lowest BCUT2D eigenvalue weighted by atomic mass is 10.1. The number of carbonyl (C=O) groups excluding carboxylic acids is 1. The molecule has 0 aliphatic rings. The number of esters is 1. The topological polar surface area (TPSA) is 41.6 Å². The molecule has 0 amide bonds. The van der Waals surface area contributed by atoms with Crippen molar-refractivity contribution in [3.63, 3.8) is 0 Å². The van der Waals surface area contributed by atoms with Gasteiger partial charge in [-0.1, -0.05) is 13.8 Å². The predicted molar refractivity (Wildman–Crippen MR) is 75.7 cm³/mol. The second-order valence-corrected chi connectivity index (χ2v) is 4.78. The first-order valence-corrected chi connectivity index (χ1v) is 7.20. The summed E-state index contributed by atoms with van der Waals surface area (Å²) in [7, 11) is 0. The van der Waals surface area contributed by atoms with Crippen LogP contribution in [0.3, 0.4) is 0 Å². The van der Waals surface area contributed by atoms with Crippen LogP contribution in [0.5, 0.6) is 0 Å². The highest BCUT2D eigenvalue weighted by atomic mass is 16.5. The fourth-order valence-electron chi connectivity index (χ4n) is 2.00. The number of likely N-dealkylation sites (N-methyl/N-ethyl adjacent to an activating group) is 1. The molecule has 0 aromatic carbocycles. The quantitative estimate of drug-likeness (QED) is 0.609. The lowest BCUT2D eigenvalue weighted by Crippen LogP contribution is -2.42. The third-order valence-corrected chi connectivity index (χ3v) is 2.97. The predicted octanol–water partition coefficient (Wildman–Crippen LogP) is 2.04. The summed E-state index contributed by atoms with van der Waals surface area (Å²) in [6.07, 6.45) is 1.95. The van der Waals surface area contributed by atoms with Crippen LogP contribution in [0.2, 0.25) is 0 Å². The number of nitrogens with zero attached hydrogens (tertiary/aromatic N) is 1. The zero-order chi connectivity index (χ0) is 14.0. The van der Waals surface area contributed by atoms with Gasteiger partial charge in [-0.3, -0.25) is 4.79 Å². The van der Waals surface area contributed by atoms with Crippen LogP contribution < -0.4 is 5.32 Å². The molecule has 0 bridgehead atoms. The van der Waals surface area contributed by atoms with Crippen LogP contribution in [0.25, 0.3) is 0 Å². The molecule has 0 aliphatic carbocycles. The summed E-state index contributed by atoms with van der Waals surface area (Å²) in [5, 5.41) is 3.20. The number of rotatable bonds is 10. The molecular weight excluding hydrogens is 228 g/mol. The molecule has 4 heteroatoms. The van der Waals surface area contributed by atoms with Crippen LogP contribution in [0.15, 0.2) is 0 Å². The van der Waals surface area contributed by atoms with Crippen molar-refractivity contribution in [3.05, 3.63) is 0 Å². The number of carbonyl (C=O) groups is 1. The van der Waals surface area contributed by atoms with Gasteiger partial charge in [0.15, 0.2) is 0 Å². The van der Waals surface area contributed by atoms with Crippen molar-refractivity contribution in [1.29, 1.82) is 0 Å². The van der Waals surface area contributed by atoms with E-state index in [0.29, 0.717) is 12.6 Å². The van der Waals surface area contributed by atoms with Crippen LogP contribution in [-0.4, -0.2) is 49.2 Å². The van der Waals surface area contributed by atoms with Crippen LogP contribution in [0, 0.1) is 0 Å². The van der Waals surface area contributed by atoms with E-state index in [2.05, 4.69) is 31.0 Å². The minimum Gasteiger partial charge on any atom is -0.465 e. The summed E-state index contributed by atoms with van der Waals surface area (Å²) >= 11 is 0. The largest absolute Gasteiger partial charge is 0.465 e. The Labute approximate surface area is 112 Å². The molecule has 1 N–H and O–H groups in total. The zero-order valence-corrected chi connectivity index (χ0v) is 12.7. The SMILES string of the molecule is CCCN(CCC(NCC)C(=O)OCC)C(C)C. The summed E-state index contributed by atoms with van der Waals surface area (Å²) < 4.78 is 5.09. The Balaban J connectivity index is 4.26. The number of hydrogen-bond donors (Lipinski definition) is 1. The average Bonchev–Trinajstić information content (AvgIpc) is 2.32. The number of ether oxygens (including phenoxy) is 1. The van der Waals surface area contributed by atoms with E-state index in [1.54, 1.807) is 0 Å². The molecule has 0 aliphatic heterocycles. The van der Waals surface area contributed by atoms with Crippen molar-refractivity contribution in [3.8, 4) is 0 Å². The Hall–Kier alpha value is -0.610. The second-order valence-electron chi connectivity index (χ2n) is 4.78. The van der Waals surface area contributed by atoms with E-state index in [4.69, 9.17) is 4.74 Å². The highest BCUT2D eigenvalue weighted by Gasteiger charge is 2.20. The van der Waals surface area contributed by atoms with Crippen molar-refractivity contribution < 1.29 is 9.53 Å². The van der Waals surface area contributed by atoms with Gasteiger partial charge >= 0.3 is 5.97 Å². The molecule has 0 heterocycles. The van der Waals surface area contributed by atoms with E-state index in [1.165, 1.54) is 0 Å². The molecule has 0 rings (SSSR count). The van der Waals surface area contributed by atoms with E-state index >= 15 is 0 Å². The Bertz CT molecular complexity index is 220. The van der Waals surface area contributed by atoms with Crippen molar-refractivity contribution >= 4 is 5.97 Å². The van der Waals surface area contributed by atoms with E-state index in [9.17, 15) is 4.79 Å². The Morgan fingerprint density at radius 1 is 1.22 bits per heavy atom. The molecule has 0 radical (unpaired) electrons. The smallest absolute Gasteiger partial charge is 0.323 e. The van der Waals surface area contributed by atoms with Gasteiger partial charge in [0, 0.05) is 12.6 Å². The normalized spacial score (nSPS) is 13.1. The lowest BCUT2D eigenvalue weighted by molar-refractivity contribution is -0.145. The van der Waals surface area contributed by atoms with Crippen molar-refractivity contribution in [2.45, 2.75) is 59.5 Å². The monoisotopic (exact) mass is 258 g/mol. The molecule has 0 saturated carbocycles. The van der Waals surface area contributed by atoms with Gasteiger partial charge in [-0.05, 0) is 46.7 Å². The maximum Gasteiger partial charge on any atom is 0.323 e. The molecule has 0 spiro atoms. The molecule has 0 aromatic rings. The fourth-order valence-corrected chi connectivity index (χ4v) is 2.00. The van der Waals surface area contributed by atoms with E-state index in [1.807, 2.05) is 13.8 Å². The minimum absolute atomic E-state index is 0.125. The Morgan fingerprint density at radius 2 is 1.89 bits per heavy atom. The van der Waals surface area contributed by atoms with Gasteiger partial charge in [0.25, 0.3) is 0 Å². The Kier molecular flexibility index (Phi) is 9.98. The van der Waals surface area contributed by atoms with Gasteiger partial charge in [0.1, 0.15) is 6.04 Å². The van der Waals surface area contributed by atoms with Gasteiger partial charge in [-0.2, -0.15) is 0 Å². The third-order valence-electron chi connectivity index (χ3n) is 2.97. The summed E-state index contributed by atoms with van der Waals surface area (Å²) in [6.45, 7) is 13.7. The standard InChI is InChI=1S/C14H30N2O2/c1-6-10-16(12(4)5)11-9-13(15-7-2)14(17)18-8-3/h12-13,15H,6-11H2,1-5H3. The molecule has 18 heavy (non-hydrogen) atoms. The summed E-state index contributed by atoms with van der Waals surface area (Å²) in [5.41, 5.74) is 0. The van der Waals surface area contributed by atoms with E-state index in [0.717, 1.165) is 32.5 Å². The van der Waals surface area contributed by atoms with E-state index < -0.39 is 0 Å². The molecule has 1 atom stereocenters. The van der Waals surface area contributed by atoms with E-state index in [-0.39, 0.29) is 12.0 Å². The van der Waals surface area contributed by atoms with Gasteiger partial charge < -0.3 is 15.0 Å². The first-order chi connectivity index (χ1) is 8.56. The molecule has 0 fully saturated rings. The second kappa shape index (κ2) is 10.3. The zero-order valence-electron chi connectivity index (χ0n) is 12.7. The maximum absolute atomic E-state index is 11.8. The van der Waals surface area contributed by atoms with Crippen LogP contribution >= 0.6 is 0 Å². The highest BCUT2D eigenvalue weighted by molar-refractivity contribution is 5.75. The van der Waals surface area contributed by atoms with Crippen molar-refractivity contribution in [1.82, 2.24) is 10.2 Å². The van der Waals surface area contributed by atoms with Gasteiger partial charge in [-0.25, -0.2) is 0 Å². The highest BCUT2D eigenvalue weighted by Crippen LogP contribution is 2.04. The summed E-state index contributed by atoms with van der Waals surface area (Å²) in [5.74, 6) is -0.125.